The number of ether oxygens (including phenoxy) is 4. The lowest BCUT2D eigenvalue weighted by molar-refractivity contribution is -0.228. The Morgan fingerprint density at radius 2 is 1.16 bits per heavy atom. The second kappa shape index (κ2) is 15.7. The summed E-state index contributed by atoms with van der Waals surface area (Å²) in [5.41, 5.74) is 1.34. The molecule has 0 aliphatic carbocycles. The Labute approximate surface area is 248 Å². The number of benzene rings is 1. The molecule has 3 rings (SSSR count). The number of carboxylic acid groups (broad SMARTS) is 1. The first-order valence-corrected chi connectivity index (χ1v) is 13.6. The summed E-state index contributed by atoms with van der Waals surface area (Å²) in [5, 5.41) is 88.4. The van der Waals surface area contributed by atoms with Crippen molar-refractivity contribution in [3.63, 3.8) is 0 Å². The normalized spacial score (nSPS) is 32.8. The molecule has 1 aromatic carbocycles. The number of hydrogen-bond donors (Lipinski definition) is 9. The average Bonchev–Trinajstić information content (AvgIpc) is 2.98. The first kappa shape index (κ1) is 34.6. The fraction of sp³-hybridized carbons (Fsp3) is 0.552. The van der Waals surface area contributed by atoms with Crippen LogP contribution in [0.1, 0.15) is 18.4 Å². The molecule has 9 N–H and O–H groups in total. The largest absolute Gasteiger partial charge is 0.485 e. The van der Waals surface area contributed by atoms with Crippen LogP contribution in [0.15, 0.2) is 48.6 Å². The van der Waals surface area contributed by atoms with Crippen molar-refractivity contribution in [2.24, 2.45) is 0 Å². The van der Waals surface area contributed by atoms with E-state index in [1.54, 1.807) is 12.1 Å². The Morgan fingerprint density at radius 1 is 0.721 bits per heavy atom. The fourth-order valence-electron chi connectivity index (χ4n) is 4.77. The van der Waals surface area contributed by atoms with Crippen molar-refractivity contribution in [1.82, 2.24) is 0 Å². The second-order valence-corrected chi connectivity index (χ2v) is 10.6. The smallest absolute Gasteiger partial charge is 0.328 e. The number of hydrogen-bond acceptors (Lipinski definition) is 13. The van der Waals surface area contributed by atoms with Gasteiger partial charge in [0.1, 0.15) is 62.0 Å². The van der Waals surface area contributed by atoms with Gasteiger partial charge in [-0.25, -0.2) is 4.79 Å². The Kier molecular flexibility index (Phi) is 12.6. The number of carbonyl (C=O) groups is 1. The molecule has 0 unspecified atom stereocenters. The molecule has 0 bridgehead atoms. The van der Waals surface area contributed by atoms with Crippen LogP contribution >= 0.6 is 0 Å². The van der Waals surface area contributed by atoms with Crippen LogP contribution in [0.5, 0.6) is 11.5 Å². The molecular formula is C29H40O14. The van der Waals surface area contributed by atoms with Crippen molar-refractivity contribution >= 4 is 12.0 Å². The number of aliphatic carboxylic acids is 1. The van der Waals surface area contributed by atoms with E-state index >= 15 is 0 Å². The molecule has 2 fully saturated rings. The maximum absolute atomic E-state index is 11.0. The number of aliphatic hydroxyl groups is 8. The predicted octanol–water partition coefficient (Wildman–Crippen LogP) is -1.88. The van der Waals surface area contributed by atoms with Crippen molar-refractivity contribution in [3.05, 3.63) is 54.1 Å². The minimum atomic E-state index is -1.53. The van der Waals surface area contributed by atoms with Gasteiger partial charge in [-0.2, -0.15) is 0 Å². The lowest BCUT2D eigenvalue weighted by Gasteiger charge is -2.40. The minimum Gasteiger partial charge on any atom is -0.485 e. The molecule has 2 saturated heterocycles. The van der Waals surface area contributed by atoms with E-state index in [4.69, 9.17) is 24.1 Å². The molecule has 14 nitrogen and oxygen atoms in total. The summed E-state index contributed by atoms with van der Waals surface area (Å²) in [6.07, 6.45) is -10.6. The molecule has 14 heteroatoms. The molecule has 0 saturated carbocycles. The van der Waals surface area contributed by atoms with Crippen LogP contribution in [0.2, 0.25) is 0 Å². The summed E-state index contributed by atoms with van der Waals surface area (Å²) in [4.78, 5) is 11.0. The molecule has 10 atom stereocenters. The Morgan fingerprint density at radius 3 is 1.60 bits per heavy atom. The molecule has 1 aromatic rings. The summed E-state index contributed by atoms with van der Waals surface area (Å²) >= 11 is 0. The highest BCUT2D eigenvalue weighted by atomic mass is 16.6. The fourth-order valence-corrected chi connectivity index (χ4v) is 4.77. The maximum atomic E-state index is 11.0. The molecule has 2 aliphatic rings. The molecule has 240 valence electrons. The van der Waals surface area contributed by atoms with Gasteiger partial charge in [-0.1, -0.05) is 19.2 Å². The SMILES string of the molecule is C=C(COc1ccc(/C=C/C(=O)O)cc1OCC(=C)C[C@H]1O[C@H](CO)[C@H](O)[C@H](O)[C@H]1O)C[C@H]1O[C@H](CO)[C@H](O)[C@H](O)[C@H]1O. The third kappa shape index (κ3) is 9.06. The van der Waals surface area contributed by atoms with Crippen molar-refractivity contribution in [1.29, 1.82) is 0 Å². The summed E-state index contributed by atoms with van der Waals surface area (Å²) in [6, 6.07) is 4.65. The van der Waals surface area contributed by atoms with E-state index in [0.717, 1.165) is 6.08 Å². The molecule has 0 spiro atoms. The van der Waals surface area contributed by atoms with E-state index in [2.05, 4.69) is 13.2 Å². The Balaban J connectivity index is 1.66. The van der Waals surface area contributed by atoms with Crippen LogP contribution in [-0.4, -0.2) is 139 Å². The molecule has 2 aliphatic heterocycles. The van der Waals surface area contributed by atoms with Crippen molar-refractivity contribution < 1.29 is 69.7 Å². The monoisotopic (exact) mass is 612 g/mol. The van der Waals surface area contributed by atoms with Crippen LogP contribution in [0.3, 0.4) is 0 Å². The molecule has 0 aromatic heterocycles. The molecule has 43 heavy (non-hydrogen) atoms. The standard InChI is InChI=1S/C29H40O14/c1-14(7-19-24(34)28(38)26(36)21(10-30)42-19)12-40-17-5-3-16(4-6-23(32)33)9-18(17)41-13-15(2)8-20-25(35)29(39)27(37)22(11-31)43-20/h3-6,9,19-22,24-31,34-39H,1-2,7-8,10-13H2,(H,32,33)/b6-4+/t19-,20-,21-,22-,24+,25+,26+,27+,28-,29-/m1/s1. The average molecular weight is 613 g/mol. The lowest BCUT2D eigenvalue weighted by atomic mass is 9.92. The van der Waals surface area contributed by atoms with E-state index in [1.165, 1.54) is 12.1 Å². The molecule has 0 amide bonds. The van der Waals surface area contributed by atoms with E-state index in [-0.39, 0.29) is 37.6 Å². The lowest BCUT2D eigenvalue weighted by Crippen LogP contribution is -2.58. The summed E-state index contributed by atoms with van der Waals surface area (Å²) in [6.45, 7) is 6.51. The second-order valence-electron chi connectivity index (χ2n) is 10.6. The van der Waals surface area contributed by atoms with Crippen LogP contribution in [0.25, 0.3) is 6.08 Å². The number of aliphatic hydroxyl groups excluding tert-OH is 8. The molecule has 2 heterocycles. The van der Waals surface area contributed by atoms with E-state index in [1.807, 2.05) is 0 Å². The summed E-state index contributed by atoms with van der Waals surface area (Å²) < 4.78 is 22.8. The quantitative estimate of drug-likeness (QED) is 0.0826. The van der Waals surface area contributed by atoms with E-state index < -0.39 is 80.2 Å². The highest BCUT2D eigenvalue weighted by Gasteiger charge is 2.44. The first-order valence-electron chi connectivity index (χ1n) is 13.6. The maximum Gasteiger partial charge on any atom is 0.328 e. The van der Waals surface area contributed by atoms with Crippen LogP contribution in [0, 0.1) is 0 Å². The van der Waals surface area contributed by atoms with Crippen molar-refractivity contribution in [3.8, 4) is 11.5 Å². The Hall–Kier alpha value is -2.89. The minimum absolute atomic E-state index is 0.0200. The van der Waals surface area contributed by atoms with Gasteiger partial charge in [0.25, 0.3) is 0 Å². The van der Waals surface area contributed by atoms with Gasteiger partial charge in [0, 0.05) is 18.9 Å². The van der Waals surface area contributed by atoms with Gasteiger partial charge in [-0.05, 0) is 34.9 Å². The number of rotatable bonds is 14. The highest BCUT2D eigenvalue weighted by Crippen LogP contribution is 2.32. The van der Waals surface area contributed by atoms with Crippen molar-refractivity contribution in [2.75, 3.05) is 26.4 Å². The topological polar surface area (TPSA) is 236 Å². The summed E-state index contributed by atoms with van der Waals surface area (Å²) in [7, 11) is 0. The zero-order chi connectivity index (χ0) is 31.8. The third-order valence-corrected chi connectivity index (χ3v) is 7.21. The van der Waals surface area contributed by atoms with Crippen molar-refractivity contribution in [2.45, 2.75) is 73.9 Å². The van der Waals surface area contributed by atoms with E-state index in [9.17, 15) is 45.6 Å². The van der Waals surface area contributed by atoms with Crippen LogP contribution < -0.4 is 9.47 Å². The van der Waals surface area contributed by atoms with Gasteiger partial charge < -0.3 is 64.9 Å². The van der Waals surface area contributed by atoms with Gasteiger partial charge in [-0.15, -0.1) is 0 Å². The van der Waals surface area contributed by atoms with E-state index in [0.29, 0.717) is 16.7 Å². The third-order valence-electron chi connectivity index (χ3n) is 7.21. The van der Waals surface area contributed by atoms with Gasteiger partial charge in [-0.3, -0.25) is 0 Å². The van der Waals surface area contributed by atoms with Gasteiger partial charge >= 0.3 is 5.97 Å². The zero-order valence-corrected chi connectivity index (χ0v) is 23.4. The van der Waals surface area contributed by atoms with Gasteiger partial charge in [0.15, 0.2) is 11.5 Å². The molecule has 0 radical (unpaired) electrons. The van der Waals surface area contributed by atoms with Crippen LogP contribution in [0.4, 0.5) is 0 Å². The van der Waals surface area contributed by atoms with Crippen LogP contribution in [-0.2, 0) is 14.3 Å². The number of carboxylic acids is 1. The summed E-state index contributed by atoms with van der Waals surface area (Å²) in [5.74, 6) is -0.716. The van der Waals surface area contributed by atoms with Gasteiger partial charge in [0.05, 0.1) is 25.4 Å². The predicted molar refractivity (Wildman–Crippen MR) is 149 cm³/mol. The molecular weight excluding hydrogens is 572 g/mol. The Bertz CT molecular complexity index is 1130. The first-order chi connectivity index (χ1) is 20.4. The highest BCUT2D eigenvalue weighted by molar-refractivity contribution is 5.85. The zero-order valence-electron chi connectivity index (χ0n) is 23.4. The van der Waals surface area contributed by atoms with Gasteiger partial charge in [0.2, 0.25) is 0 Å².